The molecule has 2 heterocycles. The largest absolute Gasteiger partial charge is 0.490 e. The predicted octanol–water partition coefficient (Wildman–Crippen LogP) is 2.33. The Morgan fingerprint density at radius 1 is 1.35 bits per heavy atom. The first kappa shape index (κ1) is 16.9. The lowest BCUT2D eigenvalue weighted by Gasteiger charge is -2.28. The predicted molar refractivity (Wildman–Crippen MR) is 95.0 cm³/mol. The van der Waals surface area contributed by atoms with E-state index in [1.807, 2.05) is 23.9 Å². The van der Waals surface area contributed by atoms with Gasteiger partial charge in [-0.25, -0.2) is 13.1 Å². The first-order valence-electron chi connectivity index (χ1n) is 8.07. The van der Waals surface area contributed by atoms with Crippen LogP contribution in [0.3, 0.4) is 0 Å². The Balaban J connectivity index is 1.87. The van der Waals surface area contributed by atoms with Gasteiger partial charge in [0.05, 0.1) is 6.04 Å². The number of hydrogen-bond acceptors (Lipinski definition) is 5. The quantitative estimate of drug-likeness (QED) is 0.901. The van der Waals surface area contributed by atoms with Crippen molar-refractivity contribution in [1.82, 2.24) is 4.72 Å². The van der Waals surface area contributed by atoms with E-state index in [0.717, 1.165) is 36.7 Å². The highest BCUT2D eigenvalue weighted by molar-refractivity contribution is 7.99. The van der Waals surface area contributed by atoms with Crippen LogP contribution in [-0.4, -0.2) is 45.7 Å². The average Bonchev–Trinajstić information content (AvgIpc) is 2.63. The molecule has 1 atom stereocenters. The molecule has 2 aliphatic rings. The maximum absolute atomic E-state index is 12.6. The molecule has 1 N–H and O–H groups in total. The van der Waals surface area contributed by atoms with Crippen molar-refractivity contribution < 1.29 is 13.2 Å². The molecule has 2 aliphatic heterocycles. The summed E-state index contributed by atoms with van der Waals surface area (Å²) in [5.74, 6) is 3.09. The molecular formula is C16H24N2O3S2. The van der Waals surface area contributed by atoms with Crippen LogP contribution in [0.15, 0.2) is 23.1 Å². The van der Waals surface area contributed by atoms with Gasteiger partial charge < -0.3 is 9.64 Å². The van der Waals surface area contributed by atoms with Crippen molar-refractivity contribution in [1.29, 1.82) is 0 Å². The van der Waals surface area contributed by atoms with Crippen LogP contribution >= 0.6 is 11.8 Å². The highest BCUT2D eigenvalue weighted by Gasteiger charge is 2.29. The summed E-state index contributed by atoms with van der Waals surface area (Å²) in [4.78, 5) is 2.54. The van der Waals surface area contributed by atoms with E-state index >= 15 is 0 Å². The van der Waals surface area contributed by atoms with Crippen molar-refractivity contribution in [2.75, 3.05) is 36.1 Å². The maximum Gasteiger partial charge on any atom is 0.244 e. The standard InChI is InChI=1S/C16H24N2O3S2/c1-12(2)9-13-11-21-15-10-14(18-5-7-22-8-6-18)3-4-16(15)23(19,20)17-13/h3-4,10,12-13,17H,5-9,11H2,1-2H3/t13-/m0/s1. The number of nitrogens with one attached hydrogen (secondary N) is 1. The smallest absolute Gasteiger partial charge is 0.244 e. The minimum absolute atomic E-state index is 0.178. The van der Waals surface area contributed by atoms with Gasteiger partial charge in [-0.15, -0.1) is 0 Å². The summed E-state index contributed by atoms with van der Waals surface area (Å²) in [6.45, 7) is 6.52. The summed E-state index contributed by atoms with van der Waals surface area (Å²) in [5.41, 5.74) is 1.04. The summed E-state index contributed by atoms with van der Waals surface area (Å²) < 4.78 is 33.8. The molecule has 7 heteroatoms. The number of thioether (sulfide) groups is 1. The molecular weight excluding hydrogens is 332 g/mol. The van der Waals surface area contributed by atoms with E-state index in [2.05, 4.69) is 23.5 Å². The molecule has 0 amide bonds. The van der Waals surface area contributed by atoms with Crippen LogP contribution in [-0.2, 0) is 10.0 Å². The third-order valence-corrected chi connectivity index (χ3v) is 6.61. The number of ether oxygens (including phenoxy) is 1. The lowest BCUT2D eigenvalue weighted by Crippen LogP contribution is -2.37. The first-order chi connectivity index (χ1) is 11.0. The van der Waals surface area contributed by atoms with Crippen molar-refractivity contribution in [2.45, 2.75) is 31.2 Å². The molecule has 0 spiro atoms. The number of hydrogen-bond donors (Lipinski definition) is 1. The van der Waals surface area contributed by atoms with Crippen LogP contribution in [0, 0.1) is 5.92 Å². The molecule has 128 valence electrons. The van der Waals surface area contributed by atoms with Gasteiger partial charge in [0, 0.05) is 36.3 Å². The Kier molecular flexibility index (Phi) is 5.08. The SMILES string of the molecule is CC(C)C[C@H]1COc2cc(N3CCSCC3)ccc2S(=O)(=O)N1. The zero-order valence-electron chi connectivity index (χ0n) is 13.6. The first-order valence-corrected chi connectivity index (χ1v) is 10.7. The Labute approximate surface area is 142 Å². The molecule has 1 aromatic rings. The number of nitrogens with zero attached hydrogens (tertiary/aromatic N) is 1. The summed E-state index contributed by atoms with van der Waals surface area (Å²) >= 11 is 1.95. The average molecular weight is 357 g/mol. The number of fused-ring (bicyclic) bond motifs is 1. The van der Waals surface area contributed by atoms with Gasteiger partial charge in [0.25, 0.3) is 0 Å². The van der Waals surface area contributed by atoms with E-state index in [9.17, 15) is 8.42 Å². The maximum atomic E-state index is 12.6. The topological polar surface area (TPSA) is 58.6 Å². The van der Waals surface area contributed by atoms with Gasteiger partial charge in [-0.05, 0) is 24.5 Å². The van der Waals surface area contributed by atoms with Crippen LogP contribution in [0.25, 0.3) is 0 Å². The van der Waals surface area contributed by atoms with Gasteiger partial charge in [-0.3, -0.25) is 0 Å². The zero-order chi connectivity index (χ0) is 16.4. The summed E-state index contributed by atoms with van der Waals surface area (Å²) in [6, 6.07) is 5.26. The van der Waals surface area contributed by atoms with Crippen LogP contribution < -0.4 is 14.4 Å². The fourth-order valence-electron chi connectivity index (χ4n) is 3.04. The third kappa shape index (κ3) is 3.95. The molecule has 0 saturated carbocycles. The van der Waals surface area contributed by atoms with E-state index in [-0.39, 0.29) is 10.9 Å². The second kappa shape index (κ2) is 6.91. The molecule has 0 aromatic heterocycles. The molecule has 0 bridgehead atoms. The van der Waals surface area contributed by atoms with Crippen molar-refractivity contribution in [3.63, 3.8) is 0 Å². The van der Waals surface area contributed by atoms with E-state index in [0.29, 0.717) is 18.3 Å². The fraction of sp³-hybridized carbons (Fsp3) is 0.625. The monoisotopic (exact) mass is 356 g/mol. The van der Waals surface area contributed by atoms with Gasteiger partial charge >= 0.3 is 0 Å². The molecule has 3 rings (SSSR count). The van der Waals surface area contributed by atoms with Gasteiger partial charge in [0.2, 0.25) is 10.0 Å². The Bertz CT molecular complexity index is 655. The minimum atomic E-state index is -3.52. The van der Waals surface area contributed by atoms with Crippen LogP contribution in [0.1, 0.15) is 20.3 Å². The molecule has 1 aromatic carbocycles. The molecule has 0 unspecified atom stereocenters. The summed E-state index contributed by atoms with van der Waals surface area (Å²) in [6.07, 6.45) is 0.767. The zero-order valence-corrected chi connectivity index (χ0v) is 15.3. The summed E-state index contributed by atoms with van der Waals surface area (Å²) in [5, 5.41) is 0. The van der Waals surface area contributed by atoms with Gasteiger partial charge in [-0.2, -0.15) is 11.8 Å². The van der Waals surface area contributed by atoms with Gasteiger partial charge in [-0.1, -0.05) is 13.8 Å². The van der Waals surface area contributed by atoms with Crippen LogP contribution in [0.2, 0.25) is 0 Å². The van der Waals surface area contributed by atoms with Crippen molar-refractivity contribution in [2.24, 2.45) is 5.92 Å². The number of anilines is 1. The van der Waals surface area contributed by atoms with E-state index < -0.39 is 10.0 Å². The van der Waals surface area contributed by atoms with Gasteiger partial charge in [0.1, 0.15) is 17.3 Å². The fourth-order valence-corrected chi connectivity index (χ4v) is 5.31. The summed E-state index contributed by atoms with van der Waals surface area (Å²) in [7, 11) is -3.52. The van der Waals surface area contributed by atoms with E-state index in [1.54, 1.807) is 6.07 Å². The molecule has 0 radical (unpaired) electrons. The number of sulfonamides is 1. The van der Waals surface area contributed by atoms with E-state index in [1.165, 1.54) is 0 Å². The molecule has 23 heavy (non-hydrogen) atoms. The number of benzene rings is 1. The normalized spacial score (nSPS) is 24.0. The second-order valence-electron chi connectivity index (χ2n) is 6.49. The van der Waals surface area contributed by atoms with Gasteiger partial charge in [0.15, 0.2) is 0 Å². The second-order valence-corrected chi connectivity index (χ2v) is 9.40. The van der Waals surface area contributed by atoms with Crippen molar-refractivity contribution >= 4 is 27.5 Å². The molecule has 1 fully saturated rings. The Hall–Kier alpha value is -0.920. The van der Waals surface area contributed by atoms with Crippen molar-refractivity contribution in [3.8, 4) is 5.75 Å². The number of rotatable bonds is 3. The highest BCUT2D eigenvalue weighted by Crippen LogP contribution is 2.32. The lowest BCUT2D eigenvalue weighted by molar-refractivity contribution is 0.262. The molecule has 1 saturated heterocycles. The molecule has 0 aliphatic carbocycles. The van der Waals surface area contributed by atoms with Crippen LogP contribution in [0.5, 0.6) is 5.75 Å². The minimum Gasteiger partial charge on any atom is -0.490 e. The highest BCUT2D eigenvalue weighted by atomic mass is 32.2. The van der Waals surface area contributed by atoms with Crippen LogP contribution in [0.4, 0.5) is 5.69 Å². The van der Waals surface area contributed by atoms with E-state index in [4.69, 9.17) is 4.74 Å². The lowest BCUT2D eigenvalue weighted by atomic mass is 10.1. The Morgan fingerprint density at radius 2 is 2.09 bits per heavy atom. The Morgan fingerprint density at radius 3 is 2.78 bits per heavy atom. The molecule has 5 nitrogen and oxygen atoms in total. The third-order valence-electron chi connectivity index (χ3n) is 4.11. The van der Waals surface area contributed by atoms with Crippen molar-refractivity contribution in [3.05, 3.63) is 18.2 Å².